The third-order valence-corrected chi connectivity index (χ3v) is 7.39. The standard InChI is InChI=1S/C29H25FN2O5S/c1-5-37-20-11-8-18(14-21(20)36-4)25-23(26(33)17-6-9-19(30)10-7-17)27(34)28(35)32(25)29-31-24-16(3)12-15(2)13-22(24)38-29/h6-14,25,33H,5H2,1-4H3/b26-23+. The summed E-state index contributed by atoms with van der Waals surface area (Å²) in [6.07, 6.45) is 0. The normalized spacial score (nSPS) is 16.9. The Morgan fingerprint density at radius 2 is 1.82 bits per heavy atom. The zero-order chi connectivity index (χ0) is 27.1. The molecule has 1 N–H and O–H groups in total. The molecule has 1 aliphatic heterocycles. The largest absolute Gasteiger partial charge is 0.507 e. The molecule has 0 radical (unpaired) electrons. The number of carbonyl (C=O) groups is 2. The molecule has 1 atom stereocenters. The summed E-state index contributed by atoms with van der Waals surface area (Å²) in [5.41, 5.74) is 3.34. The summed E-state index contributed by atoms with van der Waals surface area (Å²) in [6, 6.07) is 13.1. The second-order valence-corrected chi connectivity index (χ2v) is 9.95. The van der Waals surface area contributed by atoms with E-state index in [0.717, 1.165) is 21.3 Å². The lowest BCUT2D eigenvalue weighted by molar-refractivity contribution is -0.132. The van der Waals surface area contributed by atoms with Gasteiger partial charge in [-0.05, 0) is 79.9 Å². The lowest BCUT2D eigenvalue weighted by atomic mass is 9.95. The molecule has 1 aromatic heterocycles. The number of halogens is 1. The van der Waals surface area contributed by atoms with Crippen LogP contribution in [0.25, 0.3) is 16.0 Å². The van der Waals surface area contributed by atoms with Crippen LogP contribution >= 0.6 is 11.3 Å². The minimum atomic E-state index is -1.01. The number of rotatable bonds is 6. The number of ketones is 1. The van der Waals surface area contributed by atoms with Gasteiger partial charge < -0.3 is 14.6 Å². The number of aliphatic hydroxyl groups excluding tert-OH is 1. The Labute approximate surface area is 222 Å². The molecule has 1 fully saturated rings. The number of anilines is 1. The van der Waals surface area contributed by atoms with E-state index in [9.17, 15) is 19.1 Å². The lowest BCUT2D eigenvalue weighted by Crippen LogP contribution is -2.29. The molecule has 0 aliphatic carbocycles. The highest BCUT2D eigenvalue weighted by atomic mass is 32.1. The van der Waals surface area contributed by atoms with Crippen molar-refractivity contribution in [1.29, 1.82) is 0 Å². The Morgan fingerprint density at radius 1 is 1.08 bits per heavy atom. The fourth-order valence-corrected chi connectivity index (χ4v) is 5.87. The van der Waals surface area contributed by atoms with E-state index in [0.29, 0.717) is 28.8 Å². The van der Waals surface area contributed by atoms with Crippen LogP contribution in [0.15, 0.2) is 60.2 Å². The molecule has 1 unspecified atom stereocenters. The molecule has 7 nitrogen and oxygen atoms in total. The van der Waals surface area contributed by atoms with Crippen LogP contribution in [0.5, 0.6) is 11.5 Å². The molecule has 0 saturated carbocycles. The fraction of sp³-hybridized carbons (Fsp3) is 0.207. The van der Waals surface area contributed by atoms with Gasteiger partial charge >= 0.3 is 5.91 Å². The van der Waals surface area contributed by atoms with Gasteiger partial charge in [-0.25, -0.2) is 9.37 Å². The molecule has 1 amide bonds. The molecule has 5 rings (SSSR count). The van der Waals surface area contributed by atoms with Gasteiger partial charge in [0.15, 0.2) is 16.6 Å². The Morgan fingerprint density at radius 3 is 2.50 bits per heavy atom. The van der Waals surface area contributed by atoms with E-state index in [1.54, 1.807) is 18.2 Å². The number of hydrogen-bond donors (Lipinski definition) is 1. The molecule has 0 spiro atoms. The molecular formula is C29H25FN2O5S. The summed E-state index contributed by atoms with van der Waals surface area (Å²) in [7, 11) is 1.50. The van der Waals surface area contributed by atoms with E-state index in [2.05, 4.69) is 0 Å². The molecule has 9 heteroatoms. The van der Waals surface area contributed by atoms with Gasteiger partial charge in [-0.1, -0.05) is 23.5 Å². The minimum Gasteiger partial charge on any atom is -0.507 e. The summed E-state index contributed by atoms with van der Waals surface area (Å²) in [4.78, 5) is 33.0. The number of thiazole rings is 1. The molecule has 4 aromatic rings. The van der Waals surface area contributed by atoms with Crippen LogP contribution in [0.2, 0.25) is 0 Å². The number of benzene rings is 3. The van der Waals surface area contributed by atoms with Crippen LogP contribution in [-0.2, 0) is 9.59 Å². The third-order valence-electron chi connectivity index (χ3n) is 6.39. The topological polar surface area (TPSA) is 89.0 Å². The van der Waals surface area contributed by atoms with Gasteiger partial charge in [-0.3, -0.25) is 14.5 Å². The van der Waals surface area contributed by atoms with E-state index in [4.69, 9.17) is 14.5 Å². The molecular weight excluding hydrogens is 507 g/mol. The minimum absolute atomic E-state index is 0.125. The van der Waals surface area contributed by atoms with E-state index in [-0.39, 0.29) is 11.1 Å². The average Bonchev–Trinajstić information content (AvgIpc) is 3.43. The van der Waals surface area contributed by atoms with Crippen molar-refractivity contribution in [3.8, 4) is 11.5 Å². The highest BCUT2D eigenvalue weighted by Gasteiger charge is 2.48. The SMILES string of the molecule is CCOc1ccc(C2/C(=C(\O)c3ccc(F)cc3)C(=O)C(=O)N2c2nc3c(C)cc(C)cc3s2)cc1OC. The Bertz CT molecular complexity index is 1610. The highest BCUT2D eigenvalue weighted by Crippen LogP contribution is 2.46. The Balaban J connectivity index is 1.75. The highest BCUT2D eigenvalue weighted by molar-refractivity contribution is 7.22. The second-order valence-electron chi connectivity index (χ2n) is 8.94. The monoisotopic (exact) mass is 532 g/mol. The number of Topliss-reactive ketones (excluding diaryl/α,β-unsaturated/α-hetero) is 1. The maximum Gasteiger partial charge on any atom is 0.301 e. The summed E-state index contributed by atoms with van der Waals surface area (Å²) in [5.74, 6) is -1.67. The summed E-state index contributed by atoms with van der Waals surface area (Å²) in [5, 5.41) is 11.6. The van der Waals surface area contributed by atoms with Crippen LogP contribution in [0.4, 0.5) is 9.52 Å². The molecule has 0 bridgehead atoms. The van der Waals surface area contributed by atoms with Gasteiger partial charge in [0, 0.05) is 5.56 Å². The maximum absolute atomic E-state index is 13.6. The van der Waals surface area contributed by atoms with Crippen molar-refractivity contribution in [2.24, 2.45) is 0 Å². The summed E-state index contributed by atoms with van der Waals surface area (Å²) < 4.78 is 25.6. The summed E-state index contributed by atoms with van der Waals surface area (Å²) in [6.45, 7) is 6.19. The molecule has 1 aliphatic rings. The van der Waals surface area contributed by atoms with Gasteiger partial charge in [0.2, 0.25) is 0 Å². The van der Waals surface area contributed by atoms with Crippen molar-refractivity contribution < 1.29 is 28.6 Å². The van der Waals surface area contributed by atoms with Gasteiger partial charge in [0.25, 0.3) is 5.78 Å². The van der Waals surface area contributed by atoms with Crippen LogP contribution in [0, 0.1) is 19.7 Å². The van der Waals surface area contributed by atoms with Crippen molar-refractivity contribution in [2.45, 2.75) is 26.8 Å². The number of aliphatic hydroxyl groups is 1. The molecule has 1 saturated heterocycles. The number of hydrogen-bond acceptors (Lipinski definition) is 7. The molecule has 194 valence electrons. The van der Waals surface area contributed by atoms with Gasteiger partial charge in [-0.2, -0.15) is 0 Å². The first-order valence-electron chi connectivity index (χ1n) is 12.0. The first-order valence-corrected chi connectivity index (χ1v) is 12.8. The van der Waals surface area contributed by atoms with Crippen molar-refractivity contribution in [3.05, 3.63) is 88.2 Å². The molecule has 2 heterocycles. The number of carbonyl (C=O) groups excluding carboxylic acids is 2. The average molecular weight is 533 g/mol. The Hall–Kier alpha value is -4.24. The van der Waals surface area contributed by atoms with Crippen molar-refractivity contribution >= 4 is 44.1 Å². The Kier molecular flexibility index (Phi) is 6.62. The summed E-state index contributed by atoms with van der Waals surface area (Å²) >= 11 is 1.29. The van der Waals surface area contributed by atoms with Gasteiger partial charge in [-0.15, -0.1) is 0 Å². The predicted molar refractivity (Wildman–Crippen MR) is 144 cm³/mol. The first kappa shape index (κ1) is 25.4. The number of aryl methyl sites for hydroxylation is 2. The van der Waals surface area contributed by atoms with Crippen LogP contribution < -0.4 is 14.4 Å². The smallest absolute Gasteiger partial charge is 0.301 e. The number of methoxy groups -OCH3 is 1. The van der Waals surface area contributed by atoms with Crippen LogP contribution in [-0.4, -0.2) is 35.5 Å². The van der Waals surface area contributed by atoms with E-state index < -0.39 is 29.3 Å². The molecule has 3 aromatic carbocycles. The number of fused-ring (bicyclic) bond motifs is 1. The maximum atomic E-state index is 13.6. The quantitative estimate of drug-likeness (QED) is 0.184. The van der Waals surface area contributed by atoms with Gasteiger partial charge in [0.1, 0.15) is 11.6 Å². The van der Waals surface area contributed by atoms with E-state index in [1.165, 1.54) is 47.6 Å². The van der Waals surface area contributed by atoms with Gasteiger partial charge in [0.05, 0.1) is 35.5 Å². The van der Waals surface area contributed by atoms with Crippen LogP contribution in [0.3, 0.4) is 0 Å². The number of ether oxygens (including phenoxy) is 2. The predicted octanol–water partition coefficient (Wildman–Crippen LogP) is 6.09. The number of aromatic nitrogens is 1. The van der Waals surface area contributed by atoms with Crippen molar-refractivity contribution in [1.82, 2.24) is 4.98 Å². The van der Waals surface area contributed by atoms with Crippen LogP contribution in [0.1, 0.15) is 35.2 Å². The lowest BCUT2D eigenvalue weighted by Gasteiger charge is -2.24. The third kappa shape index (κ3) is 4.28. The van der Waals surface area contributed by atoms with E-state index in [1.807, 2.05) is 32.9 Å². The van der Waals surface area contributed by atoms with Crippen molar-refractivity contribution in [2.75, 3.05) is 18.6 Å². The van der Waals surface area contributed by atoms with Crippen molar-refractivity contribution in [3.63, 3.8) is 0 Å². The zero-order valence-electron chi connectivity index (χ0n) is 21.2. The second kappa shape index (κ2) is 9.90. The zero-order valence-corrected chi connectivity index (χ0v) is 22.1. The first-order chi connectivity index (χ1) is 18.2. The van der Waals surface area contributed by atoms with E-state index >= 15 is 0 Å². The number of nitrogens with zero attached hydrogens (tertiary/aromatic N) is 2. The number of amides is 1. The fourth-order valence-electron chi connectivity index (χ4n) is 4.70. The molecule has 38 heavy (non-hydrogen) atoms.